The first-order chi connectivity index (χ1) is 38.0. The SMILES string of the molecule is CO[C@@H]1[C@H](OP(=O)(O)OC[C@H]2O[C@@H](n3cnc4c(=O)[nH]c(N)nc43)[C@H](O)[C@@H]2O)[C@@H](COP(=O)(O)OP(=O)(O)OP(=O)(O)OC[C@H]2O[C@@H]([n+]3cn(C)c4c(=O)[nH]c(N)nc43)[C@H](O)[C@@H]2CNC(=O)C(C)C)O[C@H]1n1cnc2c(N)ncnc21. The van der Waals surface area contributed by atoms with Gasteiger partial charge in [-0.25, -0.2) is 42.8 Å². The molecular weight excluding hydrogens is 1180 g/mol. The maximum Gasteiger partial charge on any atom is 0.490 e. The number of aromatic nitrogens is 12. The third-order valence-electron chi connectivity index (χ3n) is 12.8. The Morgan fingerprint density at radius 1 is 0.741 bits per heavy atom. The summed E-state index contributed by atoms with van der Waals surface area (Å²) in [7, 11) is -21.0. The first-order valence-electron chi connectivity index (χ1n) is 23.6. The number of nitrogen functional groups attached to an aromatic ring is 3. The molecule has 0 saturated carbocycles. The van der Waals surface area contributed by atoms with Gasteiger partial charge in [0.15, 0.2) is 41.4 Å². The van der Waals surface area contributed by atoms with E-state index in [2.05, 4.69) is 53.8 Å². The van der Waals surface area contributed by atoms with Crippen molar-refractivity contribution in [3.05, 3.63) is 46.0 Å². The smallest absolute Gasteiger partial charge is 0.387 e. The second-order valence-electron chi connectivity index (χ2n) is 18.5. The number of phosphoric ester groups is 3. The highest BCUT2D eigenvalue weighted by Gasteiger charge is 2.54. The summed E-state index contributed by atoms with van der Waals surface area (Å²) >= 11 is 0. The summed E-state index contributed by atoms with van der Waals surface area (Å²) in [4.78, 5) is 109. The second kappa shape index (κ2) is 22.8. The van der Waals surface area contributed by atoms with E-state index in [0.717, 1.165) is 30.7 Å². The van der Waals surface area contributed by atoms with Crippen LogP contribution in [0.3, 0.4) is 0 Å². The molecule has 9 heterocycles. The number of carbonyl (C=O) groups is 1. The Hall–Kier alpha value is -5.64. The molecule has 40 nitrogen and oxygen atoms in total. The standard InChI is InChI=1S/C37H52N16O24P4/c1-13(2)30(57)41-5-14-15(72-33(21(14)54)53-12-50(3)20-29(53)47-37(40)49-32(20)59)6-70-79(62,63)76-81(66,67)77-80(64,65)71-8-17-24(25(68-4)35(74-17)51-10-44-18-26(38)42-9-43-27(18)51)75-78(60,61)69-7-16-22(55)23(56)34(73-16)52-11-45-19-28(52)46-36(39)48-31(19)58/h9-17,21-25,33-35,54-56H,5-8H2,1-4H3,(H12-,38,39,40,41,42,43,46,47,48,49,57,58,59,60,61,62,63,64,65,66,67)/p+1/t14-,15-,16-,17-,21-,22-,23-,24-,25-,33-,34-,35-/m1/s1. The van der Waals surface area contributed by atoms with Gasteiger partial charge in [-0.05, 0) is 0 Å². The molecule has 16 atom stereocenters. The van der Waals surface area contributed by atoms with Crippen molar-refractivity contribution >= 4 is 88.4 Å². The highest BCUT2D eigenvalue weighted by molar-refractivity contribution is 7.66. The summed E-state index contributed by atoms with van der Waals surface area (Å²) in [6.45, 7) is -0.474. The molecule has 1 amide bonds. The quantitative estimate of drug-likeness (QED) is 0.0230. The van der Waals surface area contributed by atoms with Gasteiger partial charge in [-0.1, -0.05) is 18.8 Å². The maximum absolute atomic E-state index is 13.8. The van der Waals surface area contributed by atoms with Crippen LogP contribution in [0.15, 0.2) is 34.9 Å². The number of aliphatic hydroxyl groups excluding tert-OH is 3. The number of nitrogens with zero attached hydrogens (tertiary/aromatic N) is 10. The summed E-state index contributed by atoms with van der Waals surface area (Å²) in [6, 6.07) is 0. The number of nitrogens with one attached hydrogen (secondary N) is 3. The molecule has 81 heavy (non-hydrogen) atoms. The highest BCUT2D eigenvalue weighted by atomic mass is 31.3. The average Bonchev–Trinajstić information content (AvgIpc) is 4.45. The molecule has 9 rings (SSSR count). The summed E-state index contributed by atoms with van der Waals surface area (Å²) in [6.07, 6.45) is -13.3. The van der Waals surface area contributed by atoms with Crippen molar-refractivity contribution < 1.29 is 108 Å². The van der Waals surface area contributed by atoms with Gasteiger partial charge < -0.3 is 76.4 Å². The Morgan fingerprint density at radius 2 is 1.33 bits per heavy atom. The molecule has 0 aliphatic carbocycles. The number of aliphatic hydroxyl groups is 3. The number of imidazole rings is 3. The number of nitrogens with two attached hydrogens (primary N) is 3. The molecule has 3 saturated heterocycles. The number of ether oxygens (including phenoxy) is 4. The summed E-state index contributed by atoms with van der Waals surface area (Å²) in [5.74, 6) is -2.88. The predicted octanol–water partition coefficient (Wildman–Crippen LogP) is -3.68. The van der Waals surface area contributed by atoms with Crippen molar-refractivity contribution in [2.45, 2.75) is 81.4 Å². The minimum Gasteiger partial charge on any atom is -0.387 e. The monoisotopic (exact) mass is 1230 g/mol. The molecule has 0 spiro atoms. The zero-order valence-corrected chi connectivity index (χ0v) is 45.8. The summed E-state index contributed by atoms with van der Waals surface area (Å²) in [5.41, 5.74) is 15.6. The number of hydrogen-bond acceptors (Lipinski definition) is 29. The van der Waals surface area contributed by atoms with E-state index in [0.29, 0.717) is 0 Å². The largest absolute Gasteiger partial charge is 0.490 e. The molecule has 0 radical (unpaired) electrons. The van der Waals surface area contributed by atoms with E-state index in [-0.39, 0.29) is 57.8 Å². The Morgan fingerprint density at radius 3 is 2.00 bits per heavy atom. The minimum absolute atomic E-state index is 0.000836. The fraction of sp³-hybridized carbons (Fsp3) is 0.568. The molecule has 44 heteroatoms. The van der Waals surface area contributed by atoms with Gasteiger partial charge in [0.25, 0.3) is 17.1 Å². The fourth-order valence-electron chi connectivity index (χ4n) is 9.05. The molecule has 3 aliphatic rings. The Balaban J connectivity index is 0.878. The number of anilines is 3. The van der Waals surface area contributed by atoms with Crippen LogP contribution in [0.1, 0.15) is 32.5 Å². The van der Waals surface area contributed by atoms with Crippen LogP contribution in [0.4, 0.5) is 17.7 Å². The maximum atomic E-state index is 13.8. The van der Waals surface area contributed by atoms with E-state index in [9.17, 15) is 67.5 Å². The molecule has 6 aromatic heterocycles. The fourth-order valence-corrected chi connectivity index (χ4v) is 13.5. The minimum atomic E-state index is -6.24. The number of methoxy groups -OCH3 is 1. The predicted molar refractivity (Wildman–Crippen MR) is 264 cm³/mol. The van der Waals surface area contributed by atoms with Crippen molar-refractivity contribution in [3.63, 3.8) is 0 Å². The van der Waals surface area contributed by atoms with Gasteiger partial charge in [-0.3, -0.25) is 56.1 Å². The van der Waals surface area contributed by atoms with Gasteiger partial charge in [-0.15, -0.1) is 0 Å². The zero-order chi connectivity index (χ0) is 58.8. The van der Waals surface area contributed by atoms with E-state index in [1.54, 1.807) is 13.8 Å². The van der Waals surface area contributed by atoms with Crippen LogP contribution in [0, 0.1) is 11.8 Å². The molecular formula is C37H53N16O24P4+. The Kier molecular flexibility index (Phi) is 16.9. The molecule has 444 valence electrons. The molecule has 4 unspecified atom stereocenters. The van der Waals surface area contributed by atoms with Gasteiger partial charge in [-0.2, -0.15) is 13.6 Å². The number of amides is 1. The average molecular weight is 1230 g/mol. The number of phosphoric acid groups is 4. The van der Waals surface area contributed by atoms with Gasteiger partial charge in [0.2, 0.25) is 23.6 Å². The first kappa shape index (κ1) is 60.0. The molecule has 0 bridgehead atoms. The lowest BCUT2D eigenvalue weighted by atomic mass is 9.98. The van der Waals surface area contributed by atoms with Crippen molar-refractivity contribution in [1.29, 1.82) is 0 Å². The second-order valence-corrected chi connectivity index (χ2v) is 24.6. The third-order valence-corrected chi connectivity index (χ3v) is 18.0. The number of hydrogen-bond donors (Lipinski definition) is 13. The van der Waals surface area contributed by atoms with E-state index in [4.69, 9.17) is 54.2 Å². The van der Waals surface area contributed by atoms with Gasteiger partial charge in [0.05, 0.1) is 45.6 Å². The number of fused-ring (bicyclic) bond motifs is 3. The lowest BCUT2D eigenvalue weighted by molar-refractivity contribution is -0.745. The molecule has 3 fully saturated rings. The van der Waals surface area contributed by atoms with Crippen molar-refractivity contribution in [1.82, 2.24) is 58.9 Å². The summed E-state index contributed by atoms with van der Waals surface area (Å²) in [5, 5.41) is 35.9. The number of aryl methyl sites for hydroxylation is 1. The Labute approximate surface area is 451 Å². The van der Waals surface area contributed by atoms with Crippen molar-refractivity contribution in [2.75, 3.05) is 50.7 Å². The van der Waals surface area contributed by atoms with Crippen LogP contribution in [-0.4, -0.2) is 177 Å². The molecule has 6 aromatic rings. The van der Waals surface area contributed by atoms with Crippen LogP contribution in [0.2, 0.25) is 0 Å². The Bertz CT molecular complexity index is 3670. The van der Waals surface area contributed by atoms with Crippen molar-refractivity contribution in [3.8, 4) is 0 Å². The van der Waals surface area contributed by atoms with Crippen LogP contribution >= 0.6 is 31.3 Å². The van der Waals surface area contributed by atoms with Crippen LogP contribution in [0.5, 0.6) is 0 Å². The lowest BCUT2D eigenvalue weighted by Gasteiger charge is -2.26. The molecule has 3 aliphatic heterocycles. The molecule has 0 aromatic carbocycles. The highest BCUT2D eigenvalue weighted by Crippen LogP contribution is 2.68. The van der Waals surface area contributed by atoms with E-state index >= 15 is 0 Å². The van der Waals surface area contributed by atoms with E-state index < -0.39 is 147 Å². The van der Waals surface area contributed by atoms with Gasteiger partial charge >= 0.3 is 36.9 Å². The number of carbonyl (C=O) groups excluding carboxylic acids is 1. The van der Waals surface area contributed by atoms with Crippen molar-refractivity contribution in [2.24, 2.45) is 18.9 Å². The van der Waals surface area contributed by atoms with Gasteiger partial charge in [0.1, 0.15) is 54.6 Å². The third kappa shape index (κ3) is 12.5. The lowest BCUT2D eigenvalue weighted by Crippen LogP contribution is -2.46. The normalized spacial score (nSPS) is 29.1. The van der Waals surface area contributed by atoms with Crippen LogP contribution < -0.4 is 38.2 Å². The number of aromatic amines is 2. The summed E-state index contributed by atoms with van der Waals surface area (Å²) < 4.78 is 111. The number of rotatable bonds is 22. The topological polar surface area (TPSA) is 571 Å². The van der Waals surface area contributed by atoms with Gasteiger partial charge in [0, 0.05) is 25.5 Å². The zero-order valence-electron chi connectivity index (χ0n) is 42.2. The first-order valence-corrected chi connectivity index (χ1v) is 29.5. The van der Waals surface area contributed by atoms with Crippen LogP contribution in [-0.2, 0) is 75.8 Å². The van der Waals surface area contributed by atoms with Crippen LogP contribution in [0.25, 0.3) is 33.5 Å². The molecule has 16 N–H and O–H groups in total. The van der Waals surface area contributed by atoms with E-state index in [1.165, 1.54) is 27.1 Å². The number of H-pyrrole nitrogens is 2. The van der Waals surface area contributed by atoms with E-state index in [1.807, 2.05) is 0 Å².